The van der Waals surface area contributed by atoms with Gasteiger partial charge in [0.15, 0.2) is 11.5 Å². The summed E-state index contributed by atoms with van der Waals surface area (Å²) in [5.74, 6) is 0.977. The molecular weight excluding hydrogens is 388 g/mol. The molecule has 0 spiro atoms. The molecule has 0 N–H and O–H groups in total. The van der Waals surface area contributed by atoms with Crippen LogP contribution in [0, 0.1) is 6.92 Å². The van der Waals surface area contributed by atoms with Gasteiger partial charge in [-0.2, -0.15) is 4.31 Å². The summed E-state index contributed by atoms with van der Waals surface area (Å²) < 4.78 is 38.3. The highest BCUT2D eigenvalue weighted by Gasteiger charge is 2.32. The van der Waals surface area contributed by atoms with E-state index in [-0.39, 0.29) is 23.9 Å². The van der Waals surface area contributed by atoms with Crippen molar-refractivity contribution in [2.24, 2.45) is 0 Å². The van der Waals surface area contributed by atoms with Gasteiger partial charge in [0, 0.05) is 32.2 Å². The Labute approximate surface area is 162 Å². The topological polar surface area (TPSA) is 76.2 Å². The van der Waals surface area contributed by atoms with Gasteiger partial charge in [0.2, 0.25) is 10.0 Å². The number of fused-ring (bicyclic) bond motifs is 1. The number of thiophene rings is 1. The second-order valence-electron chi connectivity index (χ2n) is 6.43. The van der Waals surface area contributed by atoms with Crippen molar-refractivity contribution in [3.8, 4) is 11.5 Å². The molecule has 0 unspecified atom stereocenters. The molecule has 144 valence electrons. The predicted molar refractivity (Wildman–Crippen MR) is 101 cm³/mol. The molecule has 1 amide bonds. The molecule has 1 fully saturated rings. The lowest BCUT2D eigenvalue weighted by Gasteiger charge is -2.34. The first-order valence-corrected chi connectivity index (χ1v) is 11.0. The number of ether oxygens (including phenoxy) is 2. The predicted octanol–water partition coefficient (Wildman–Crippen LogP) is 1.97. The van der Waals surface area contributed by atoms with E-state index in [0.717, 1.165) is 10.4 Å². The van der Waals surface area contributed by atoms with Crippen LogP contribution in [0.1, 0.15) is 15.2 Å². The first kappa shape index (κ1) is 18.3. The van der Waals surface area contributed by atoms with Crippen molar-refractivity contribution in [3.63, 3.8) is 0 Å². The molecule has 0 saturated carbocycles. The van der Waals surface area contributed by atoms with E-state index < -0.39 is 10.0 Å². The molecule has 0 atom stereocenters. The quantitative estimate of drug-likeness (QED) is 0.776. The van der Waals surface area contributed by atoms with Crippen LogP contribution in [-0.4, -0.2) is 62.9 Å². The molecule has 1 saturated heterocycles. The van der Waals surface area contributed by atoms with Crippen molar-refractivity contribution < 1.29 is 22.7 Å². The second-order valence-corrected chi connectivity index (χ2v) is 9.29. The number of carbonyl (C=O) groups excluding carboxylic acids is 1. The van der Waals surface area contributed by atoms with E-state index in [4.69, 9.17) is 9.47 Å². The van der Waals surface area contributed by atoms with Crippen LogP contribution in [0.2, 0.25) is 0 Å². The van der Waals surface area contributed by atoms with Gasteiger partial charge < -0.3 is 14.4 Å². The summed E-state index contributed by atoms with van der Waals surface area (Å²) in [6.07, 6.45) is 0. The van der Waals surface area contributed by atoms with E-state index in [1.807, 2.05) is 18.4 Å². The third-order valence-corrected chi connectivity index (χ3v) is 7.63. The molecule has 1 aromatic carbocycles. The van der Waals surface area contributed by atoms with Gasteiger partial charge in [0.1, 0.15) is 13.2 Å². The molecule has 0 aliphatic carbocycles. The number of hydrogen-bond acceptors (Lipinski definition) is 6. The maximum atomic E-state index is 13.0. The average molecular weight is 409 g/mol. The van der Waals surface area contributed by atoms with Crippen molar-refractivity contribution in [2.45, 2.75) is 11.8 Å². The monoisotopic (exact) mass is 408 g/mol. The molecule has 27 heavy (non-hydrogen) atoms. The second kappa shape index (κ2) is 7.14. The van der Waals surface area contributed by atoms with E-state index >= 15 is 0 Å². The number of benzene rings is 1. The van der Waals surface area contributed by atoms with Crippen LogP contribution in [0.15, 0.2) is 34.5 Å². The Balaban J connectivity index is 1.47. The van der Waals surface area contributed by atoms with Crippen molar-refractivity contribution >= 4 is 27.3 Å². The minimum Gasteiger partial charge on any atom is -0.486 e. The highest BCUT2D eigenvalue weighted by Crippen LogP contribution is 2.33. The van der Waals surface area contributed by atoms with Crippen LogP contribution in [0.4, 0.5) is 0 Å². The van der Waals surface area contributed by atoms with Crippen LogP contribution in [0.25, 0.3) is 0 Å². The van der Waals surface area contributed by atoms with Crippen LogP contribution >= 0.6 is 11.3 Å². The molecule has 4 rings (SSSR count). The zero-order valence-electron chi connectivity index (χ0n) is 14.9. The largest absolute Gasteiger partial charge is 0.486 e. The molecular formula is C18H20N2O5S2. The maximum Gasteiger partial charge on any atom is 0.264 e. The van der Waals surface area contributed by atoms with E-state index in [1.54, 1.807) is 11.0 Å². The number of sulfonamides is 1. The maximum absolute atomic E-state index is 13.0. The first-order chi connectivity index (χ1) is 13.0. The number of rotatable bonds is 3. The first-order valence-electron chi connectivity index (χ1n) is 8.70. The van der Waals surface area contributed by atoms with E-state index in [9.17, 15) is 13.2 Å². The smallest absolute Gasteiger partial charge is 0.264 e. The Kier molecular flexibility index (Phi) is 4.83. The molecule has 9 heteroatoms. The van der Waals surface area contributed by atoms with Gasteiger partial charge >= 0.3 is 0 Å². The van der Waals surface area contributed by atoms with Crippen LogP contribution in [-0.2, 0) is 10.0 Å². The zero-order chi connectivity index (χ0) is 19.0. The number of aryl methyl sites for hydroxylation is 1. The Bertz CT molecular complexity index is 962. The fourth-order valence-electron chi connectivity index (χ4n) is 3.20. The molecule has 3 heterocycles. The minimum absolute atomic E-state index is 0.0288. The van der Waals surface area contributed by atoms with Crippen LogP contribution in [0.3, 0.4) is 0 Å². The molecule has 1 aromatic heterocycles. The SMILES string of the molecule is Cc1ccsc1C(=O)N1CCN(S(=O)(=O)c2ccc3c(c2)OCCO3)CC1. The Morgan fingerprint density at radius 2 is 1.74 bits per heavy atom. The molecule has 0 bridgehead atoms. The third kappa shape index (κ3) is 3.42. The molecule has 2 aliphatic heterocycles. The number of piperazine rings is 1. The van der Waals surface area contributed by atoms with Gasteiger partial charge in [0.25, 0.3) is 5.91 Å². The molecule has 2 aliphatic rings. The van der Waals surface area contributed by atoms with Gasteiger partial charge in [0.05, 0.1) is 9.77 Å². The number of amides is 1. The van der Waals surface area contributed by atoms with E-state index in [0.29, 0.717) is 37.8 Å². The fraction of sp³-hybridized carbons (Fsp3) is 0.389. The summed E-state index contributed by atoms with van der Waals surface area (Å²) in [5, 5.41) is 1.89. The van der Waals surface area contributed by atoms with Gasteiger partial charge in [-0.1, -0.05) is 0 Å². The van der Waals surface area contributed by atoms with Crippen molar-refractivity contribution in [1.29, 1.82) is 0 Å². The standard InChI is InChI=1S/C18H20N2O5S2/c1-13-4-11-26-17(13)18(21)19-5-7-20(8-6-19)27(22,23)14-2-3-15-16(12-14)25-10-9-24-15/h2-4,11-12H,5-10H2,1H3. The van der Waals surface area contributed by atoms with Crippen LogP contribution < -0.4 is 9.47 Å². The number of nitrogens with zero attached hydrogens (tertiary/aromatic N) is 2. The van der Waals surface area contributed by atoms with Crippen LogP contribution in [0.5, 0.6) is 11.5 Å². The Morgan fingerprint density at radius 3 is 2.41 bits per heavy atom. The summed E-state index contributed by atoms with van der Waals surface area (Å²) in [6.45, 7) is 4.06. The summed E-state index contributed by atoms with van der Waals surface area (Å²) in [4.78, 5) is 15.2. The van der Waals surface area contributed by atoms with E-state index in [1.165, 1.54) is 27.8 Å². The number of carbonyl (C=O) groups is 1. The highest BCUT2D eigenvalue weighted by atomic mass is 32.2. The average Bonchev–Trinajstić information content (AvgIpc) is 3.13. The molecule has 7 nitrogen and oxygen atoms in total. The van der Waals surface area contributed by atoms with Crippen molar-refractivity contribution in [3.05, 3.63) is 40.1 Å². The lowest BCUT2D eigenvalue weighted by molar-refractivity contribution is 0.0702. The lowest BCUT2D eigenvalue weighted by Crippen LogP contribution is -2.50. The summed E-state index contributed by atoms with van der Waals surface area (Å²) in [6, 6.07) is 6.59. The van der Waals surface area contributed by atoms with Gasteiger partial charge in [-0.05, 0) is 36.1 Å². The zero-order valence-corrected chi connectivity index (χ0v) is 16.5. The highest BCUT2D eigenvalue weighted by molar-refractivity contribution is 7.89. The molecule has 0 radical (unpaired) electrons. The van der Waals surface area contributed by atoms with Crippen molar-refractivity contribution in [2.75, 3.05) is 39.4 Å². The minimum atomic E-state index is -3.64. The summed E-state index contributed by atoms with van der Waals surface area (Å²) in [7, 11) is -3.64. The lowest BCUT2D eigenvalue weighted by atomic mass is 10.2. The van der Waals surface area contributed by atoms with Gasteiger partial charge in [-0.25, -0.2) is 8.42 Å². The Hall–Kier alpha value is -2.10. The Morgan fingerprint density at radius 1 is 1.04 bits per heavy atom. The van der Waals surface area contributed by atoms with Gasteiger partial charge in [-0.15, -0.1) is 11.3 Å². The summed E-state index contributed by atoms with van der Waals surface area (Å²) >= 11 is 1.42. The van der Waals surface area contributed by atoms with Crippen molar-refractivity contribution in [1.82, 2.24) is 9.21 Å². The third-order valence-electron chi connectivity index (χ3n) is 4.73. The summed E-state index contributed by atoms with van der Waals surface area (Å²) in [5.41, 5.74) is 0.955. The normalized spacial score (nSPS) is 17.7. The fourth-order valence-corrected chi connectivity index (χ4v) is 5.53. The van der Waals surface area contributed by atoms with E-state index in [2.05, 4.69) is 0 Å². The number of hydrogen-bond donors (Lipinski definition) is 0. The molecule has 2 aromatic rings. The van der Waals surface area contributed by atoms with Gasteiger partial charge in [-0.3, -0.25) is 4.79 Å².